The Labute approximate surface area is 274 Å². The predicted molar refractivity (Wildman–Crippen MR) is 176 cm³/mol. The Hall–Kier alpha value is -3.08. The summed E-state index contributed by atoms with van der Waals surface area (Å²) < 4.78 is 43.9. The molecule has 5 rings (SSSR count). The summed E-state index contributed by atoms with van der Waals surface area (Å²) in [4.78, 5) is 0. The van der Waals surface area contributed by atoms with E-state index in [1.54, 1.807) is 14.2 Å². The maximum atomic E-state index is 6.67. The topological polar surface area (TPSA) is 64.6 Å². The summed E-state index contributed by atoms with van der Waals surface area (Å²) in [6, 6.07) is 36.3. The Morgan fingerprint density at radius 1 is 0.578 bits per heavy atom. The fourth-order valence-electron chi connectivity index (χ4n) is 5.31. The predicted octanol–water partition coefficient (Wildman–Crippen LogP) is 7.23. The van der Waals surface area contributed by atoms with Crippen molar-refractivity contribution >= 4 is 15.9 Å². The van der Waals surface area contributed by atoms with Gasteiger partial charge in [-0.25, -0.2) is 0 Å². The summed E-state index contributed by atoms with van der Waals surface area (Å²) in [5.74, 6) is 0.788. The maximum Gasteiger partial charge on any atom is 0.186 e. The number of hydrogen-bond donors (Lipinski definition) is 0. The van der Waals surface area contributed by atoms with Gasteiger partial charge in [0, 0.05) is 12.4 Å². The summed E-state index contributed by atoms with van der Waals surface area (Å²) in [7, 11) is 3.28. The molecule has 0 radical (unpaired) electrons. The Morgan fingerprint density at radius 2 is 1.13 bits per heavy atom. The van der Waals surface area contributed by atoms with Crippen LogP contribution in [0.15, 0.2) is 109 Å². The van der Waals surface area contributed by atoms with E-state index in [2.05, 4.69) is 34.1 Å². The zero-order valence-corrected chi connectivity index (χ0v) is 27.3. The van der Waals surface area contributed by atoms with Crippen LogP contribution in [0.3, 0.4) is 0 Å². The molecule has 1 heterocycles. The van der Waals surface area contributed by atoms with E-state index in [9.17, 15) is 0 Å². The Bertz CT molecular complexity index is 1400. The molecular formula is C37H41BrO7. The van der Waals surface area contributed by atoms with Crippen LogP contribution >= 0.6 is 15.9 Å². The molecule has 0 aromatic heterocycles. The highest BCUT2D eigenvalue weighted by Gasteiger charge is 2.48. The Balaban J connectivity index is 1.39. The first kappa shape index (κ1) is 33.3. The number of hydrogen-bond acceptors (Lipinski definition) is 7. The largest absolute Gasteiger partial charge is 0.497 e. The van der Waals surface area contributed by atoms with E-state index in [-0.39, 0.29) is 6.61 Å². The van der Waals surface area contributed by atoms with Gasteiger partial charge in [0.05, 0.1) is 40.1 Å². The van der Waals surface area contributed by atoms with Crippen LogP contribution < -0.4 is 4.74 Å². The van der Waals surface area contributed by atoms with E-state index in [1.165, 1.54) is 5.56 Å². The zero-order chi connectivity index (χ0) is 31.3. The molecule has 0 unspecified atom stereocenters. The molecule has 238 valence electrons. The highest BCUT2D eigenvalue weighted by Crippen LogP contribution is 2.31. The van der Waals surface area contributed by atoms with E-state index in [0.717, 1.165) is 33.3 Å². The van der Waals surface area contributed by atoms with Gasteiger partial charge in [0.1, 0.15) is 30.2 Å². The standard InChI is InChI=1S/C37H41BrO7/c1-39-32-18-16-29(17-19-32)25-42-34-33(26-41-22-31-15-9-14-30(20-31)21-38)45-37(40-2)36(44-24-28-12-7-4-8-13-28)35(34)43-23-27-10-5-3-6-11-27/h3-20,33-37H,21-26H2,1-2H3/t33-,34-,35+,36-,37+/m1/s1. The first-order valence-electron chi connectivity index (χ1n) is 15.1. The summed E-state index contributed by atoms with van der Waals surface area (Å²) >= 11 is 3.54. The van der Waals surface area contributed by atoms with E-state index in [0.29, 0.717) is 26.4 Å². The highest BCUT2D eigenvalue weighted by molar-refractivity contribution is 9.08. The SMILES string of the molecule is COc1ccc(CO[C@H]2[C@H](OCc3ccccc3)[C@@H](OCc3ccccc3)[C@@H](OC)O[C@@H]2COCc2cccc(CBr)c2)cc1. The number of methoxy groups -OCH3 is 2. The van der Waals surface area contributed by atoms with Crippen molar-refractivity contribution in [1.82, 2.24) is 0 Å². The number of ether oxygens (including phenoxy) is 7. The molecule has 0 amide bonds. The lowest BCUT2D eigenvalue weighted by Crippen LogP contribution is -2.61. The third-order valence-electron chi connectivity index (χ3n) is 7.69. The fraction of sp³-hybridized carbons (Fsp3) is 0.351. The van der Waals surface area contributed by atoms with Crippen LogP contribution in [0.2, 0.25) is 0 Å². The summed E-state index contributed by atoms with van der Waals surface area (Å²) in [5, 5.41) is 0.786. The molecule has 7 nitrogen and oxygen atoms in total. The molecule has 4 aromatic rings. The molecule has 0 bridgehead atoms. The average Bonchev–Trinajstić information content (AvgIpc) is 3.10. The van der Waals surface area contributed by atoms with Crippen molar-refractivity contribution in [3.63, 3.8) is 0 Å². The minimum atomic E-state index is -0.694. The van der Waals surface area contributed by atoms with Crippen molar-refractivity contribution < 1.29 is 33.2 Å². The Morgan fingerprint density at radius 3 is 1.73 bits per heavy atom. The summed E-state index contributed by atoms with van der Waals surface area (Å²) in [5.41, 5.74) is 5.37. The molecule has 0 N–H and O–H groups in total. The third kappa shape index (κ3) is 9.70. The van der Waals surface area contributed by atoms with Crippen LogP contribution in [-0.2, 0) is 60.2 Å². The monoisotopic (exact) mass is 676 g/mol. The van der Waals surface area contributed by atoms with Crippen molar-refractivity contribution in [3.05, 3.63) is 137 Å². The number of benzene rings is 4. The molecule has 0 aliphatic carbocycles. The molecule has 45 heavy (non-hydrogen) atoms. The van der Waals surface area contributed by atoms with Crippen LogP contribution in [-0.4, -0.2) is 51.5 Å². The van der Waals surface area contributed by atoms with Gasteiger partial charge in [0.2, 0.25) is 0 Å². The second kappa shape index (κ2) is 17.6. The van der Waals surface area contributed by atoms with Crippen LogP contribution in [0, 0.1) is 0 Å². The number of alkyl halides is 1. The van der Waals surface area contributed by atoms with Crippen LogP contribution in [0.5, 0.6) is 5.75 Å². The van der Waals surface area contributed by atoms with Gasteiger partial charge in [0.15, 0.2) is 6.29 Å². The van der Waals surface area contributed by atoms with Crippen molar-refractivity contribution in [1.29, 1.82) is 0 Å². The van der Waals surface area contributed by atoms with Gasteiger partial charge in [-0.15, -0.1) is 0 Å². The van der Waals surface area contributed by atoms with Gasteiger partial charge in [-0.1, -0.05) is 113 Å². The van der Waals surface area contributed by atoms with E-state index >= 15 is 0 Å². The van der Waals surface area contributed by atoms with Gasteiger partial charge in [0.25, 0.3) is 0 Å². The fourth-order valence-corrected chi connectivity index (χ4v) is 5.66. The molecule has 5 atom stereocenters. The first-order chi connectivity index (χ1) is 22.2. The Kier molecular flexibility index (Phi) is 13.0. The van der Waals surface area contributed by atoms with Crippen LogP contribution in [0.4, 0.5) is 0 Å². The normalized spacial score (nSPS) is 21.4. The molecule has 1 fully saturated rings. The third-order valence-corrected chi connectivity index (χ3v) is 8.34. The second-order valence-electron chi connectivity index (χ2n) is 10.9. The summed E-state index contributed by atoms with van der Waals surface area (Å²) in [6.45, 7) is 1.81. The minimum absolute atomic E-state index is 0.280. The first-order valence-corrected chi connectivity index (χ1v) is 16.2. The quantitative estimate of drug-likeness (QED) is 0.116. The van der Waals surface area contributed by atoms with E-state index in [1.807, 2.05) is 91.0 Å². The van der Waals surface area contributed by atoms with Gasteiger partial charge in [-0.3, -0.25) is 0 Å². The maximum absolute atomic E-state index is 6.67. The van der Waals surface area contributed by atoms with E-state index < -0.39 is 30.7 Å². The average molecular weight is 678 g/mol. The van der Waals surface area contributed by atoms with Crippen molar-refractivity contribution in [2.45, 2.75) is 62.5 Å². The van der Waals surface area contributed by atoms with Crippen molar-refractivity contribution in [2.24, 2.45) is 0 Å². The molecule has 1 aliphatic heterocycles. The molecule has 0 spiro atoms. The zero-order valence-electron chi connectivity index (χ0n) is 25.8. The van der Waals surface area contributed by atoms with Gasteiger partial charge in [-0.2, -0.15) is 0 Å². The van der Waals surface area contributed by atoms with Crippen LogP contribution in [0.1, 0.15) is 27.8 Å². The molecule has 8 heteroatoms. The lowest BCUT2D eigenvalue weighted by atomic mass is 9.97. The minimum Gasteiger partial charge on any atom is -0.497 e. The smallest absolute Gasteiger partial charge is 0.186 e. The number of halogens is 1. The molecular weight excluding hydrogens is 636 g/mol. The highest BCUT2D eigenvalue weighted by atomic mass is 79.9. The molecule has 4 aromatic carbocycles. The number of rotatable bonds is 16. The van der Waals surface area contributed by atoms with Gasteiger partial charge >= 0.3 is 0 Å². The molecule has 0 saturated carbocycles. The molecule has 1 saturated heterocycles. The van der Waals surface area contributed by atoms with Gasteiger partial charge in [-0.05, 0) is 39.9 Å². The lowest BCUT2D eigenvalue weighted by Gasteiger charge is -2.45. The molecule has 1 aliphatic rings. The van der Waals surface area contributed by atoms with Crippen molar-refractivity contribution in [3.8, 4) is 5.75 Å². The second-order valence-corrected chi connectivity index (χ2v) is 11.5. The van der Waals surface area contributed by atoms with Crippen molar-refractivity contribution in [2.75, 3.05) is 20.8 Å². The van der Waals surface area contributed by atoms with Gasteiger partial charge < -0.3 is 33.2 Å². The van der Waals surface area contributed by atoms with Crippen LogP contribution in [0.25, 0.3) is 0 Å². The van der Waals surface area contributed by atoms with E-state index in [4.69, 9.17) is 33.2 Å². The lowest BCUT2D eigenvalue weighted by molar-refractivity contribution is -0.323. The summed E-state index contributed by atoms with van der Waals surface area (Å²) in [6.07, 6.45) is -2.77.